The Balaban J connectivity index is 3.79. The molecule has 0 aromatic rings. The van der Waals surface area contributed by atoms with E-state index in [2.05, 4.69) is 13.8 Å². The summed E-state index contributed by atoms with van der Waals surface area (Å²) in [5.41, 5.74) is 0. The molecule has 0 aromatic heterocycles. The average molecular weight is 140 g/mol. The van der Waals surface area contributed by atoms with E-state index in [1.165, 1.54) is 0 Å². The van der Waals surface area contributed by atoms with Gasteiger partial charge in [0, 0.05) is 5.92 Å². The lowest BCUT2D eigenvalue weighted by Gasteiger charge is -1.97. The molecule has 0 saturated carbocycles. The molecule has 0 aliphatic heterocycles. The lowest BCUT2D eigenvalue weighted by atomic mass is 10.1. The first-order chi connectivity index (χ1) is 4.54. The van der Waals surface area contributed by atoms with Crippen LogP contribution >= 0.6 is 0 Å². The smallest absolute Gasteiger partial charge is 0.157 e. The molecule has 58 valence electrons. The SMILES string of the molecule is CC(C)C=CC(=O)C(C)C. The van der Waals surface area contributed by atoms with Gasteiger partial charge < -0.3 is 0 Å². The van der Waals surface area contributed by atoms with E-state index in [0.717, 1.165) is 0 Å². The standard InChI is InChI=1S/C9H16O/c1-7(2)5-6-9(10)8(3)4/h5-8H,1-4H3. The first kappa shape index (κ1) is 9.41. The molecule has 0 spiro atoms. The van der Waals surface area contributed by atoms with Gasteiger partial charge in [-0.05, 0) is 12.0 Å². The van der Waals surface area contributed by atoms with Crippen molar-refractivity contribution in [1.29, 1.82) is 0 Å². The van der Waals surface area contributed by atoms with Crippen LogP contribution in [0.15, 0.2) is 12.2 Å². The summed E-state index contributed by atoms with van der Waals surface area (Å²) in [7, 11) is 0. The number of carbonyl (C=O) groups excluding carboxylic acids is 1. The van der Waals surface area contributed by atoms with Crippen molar-refractivity contribution in [2.75, 3.05) is 0 Å². The van der Waals surface area contributed by atoms with E-state index in [1.54, 1.807) is 6.08 Å². The van der Waals surface area contributed by atoms with Crippen LogP contribution < -0.4 is 0 Å². The topological polar surface area (TPSA) is 17.1 Å². The molecule has 0 bridgehead atoms. The van der Waals surface area contributed by atoms with Gasteiger partial charge >= 0.3 is 0 Å². The molecule has 0 heterocycles. The van der Waals surface area contributed by atoms with Gasteiger partial charge in [0.2, 0.25) is 0 Å². The molecule has 1 nitrogen and oxygen atoms in total. The van der Waals surface area contributed by atoms with Gasteiger partial charge in [-0.25, -0.2) is 0 Å². The van der Waals surface area contributed by atoms with E-state index in [4.69, 9.17) is 0 Å². The highest BCUT2D eigenvalue weighted by Gasteiger charge is 2.00. The number of hydrogen-bond acceptors (Lipinski definition) is 1. The molecule has 10 heavy (non-hydrogen) atoms. The zero-order chi connectivity index (χ0) is 8.15. The molecule has 0 saturated heterocycles. The molecule has 0 unspecified atom stereocenters. The molecule has 0 N–H and O–H groups in total. The Morgan fingerprint density at radius 2 is 1.70 bits per heavy atom. The van der Waals surface area contributed by atoms with E-state index in [0.29, 0.717) is 5.92 Å². The second-order valence-electron chi connectivity index (χ2n) is 3.16. The van der Waals surface area contributed by atoms with E-state index < -0.39 is 0 Å². The summed E-state index contributed by atoms with van der Waals surface area (Å²) in [6.45, 7) is 7.94. The second kappa shape index (κ2) is 4.26. The molecule has 0 rings (SSSR count). The molecule has 0 radical (unpaired) electrons. The van der Waals surface area contributed by atoms with Crippen LogP contribution in [0, 0.1) is 11.8 Å². The minimum Gasteiger partial charge on any atom is -0.295 e. The molecular weight excluding hydrogens is 124 g/mol. The third-order valence-electron chi connectivity index (χ3n) is 1.21. The molecule has 0 aliphatic rings. The van der Waals surface area contributed by atoms with Gasteiger partial charge in [-0.2, -0.15) is 0 Å². The Hall–Kier alpha value is -0.590. The second-order valence-corrected chi connectivity index (χ2v) is 3.16. The van der Waals surface area contributed by atoms with Gasteiger partial charge in [0.05, 0.1) is 0 Å². The number of allylic oxidation sites excluding steroid dienone is 2. The normalized spacial score (nSPS) is 11.8. The van der Waals surface area contributed by atoms with Crippen molar-refractivity contribution in [2.45, 2.75) is 27.7 Å². The Morgan fingerprint density at radius 1 is 1.20 bits per heavy atom. The Morgan fingerprint density at radius 3 is 2.00 bits per heavy atom. The number of rotatable bonds is 3. The quantitative estimate of drug-likeness (QED) is 0.550. The van der Waals surface area contributed by atoms with Crippen LogP contribution in [0.2, 0.25) is 0 Å². The monoisotopic (exact) mass is 140 g/mol. The summed E-state index contributed by atoms with van der Waals surface area (Å²) in [5, 5.41) is 0. The fourth-order valence-electron chi connectivity index (χ4n) is 0.480. The van der Waals surface area contributed by atoms with Crippen molar-refractivity contribution in [3.8, 4) is 0 Å². The van der Waals surface area contributed by atoms with E-state index in [-0.39, 0.29) is 11.7 Å². The molecular formula is C9H16O. The molecule has 1 heteroatoms. The van der Waals surface area contributed by atoms with E-state index in [1.807, 2.05) is 19.9 Å². The van der Waals surface area contributed by atoms with Gasteiger partial charge in [0.1, 0.15) is 0 Å². The zero-order valence-corrected chi connectivity index (χ0v) is 7.22. The summed E-state index contributed by atoms with van der Waals surface area (Å²) in [5.74, 6) is 0.825. The molecule has 0 aromatic carbocycles. The molecule has 0 aliphatic carbocycles. The highest BCUT2D eigenvalue weighted by Crippen LogP contribution is 1.99. The van der Waals surface area contributed by atoms with Crippen molar-refractivity contribution < 1.29 is 4.79 Å². The van der Waals surface area contributed by atoms with Crippen LogP contribution in [0.25, 0.3) is 0 Å². The number of ketones is 1. The van der Waals surface area contributed by atoms with E-state index >= 15 is 0 Å². The van der Waals surface area contributed by atoms with Crippen molar-refractivity contribution >= 4 is 5.78 Å². The maximum absolute atomic E-state index is 11.0. The zero-order valence-electron chi connectivity index (χ0n) is 7.22. The minimum absolute atomic E-state index is 0.134. The van der Waals surface area contributed by atoms with Gasteiger partial charge in [-0.1, -0.05) is 33.8 Å². The lowest BCUT2D eigenvalue weighted by molar-refractivity contribution is -0.117. The van der Waals surface area contributed by atoms with Crippen molar-refractivity contribution in [3.63, 3.8) is 0 Å². The summed E-state index contributed by atoms with van der Waals surface area (Å²) in [4.78, 5) is 11.0. The average Bonchev–Trinajstić information content (AvgIpc) is 1.82. The predicted octanol–water partition coefficient (Wildman–Crippen LogP) is 2.42. The summed E-state index contributed by atoms with van der Waals surface area (Å²) in [6, 6.07) is 0. The van der Waals surface area contributed by atoms with Crippen LogP contribution in [-0.4, -0.2) is 5.78 Å². The van der Waals surface area contributed by atoms with Gasteiger partial charge in [0.15, 0.2) is 5.78 Å². The van der Waals surface area contributed by atoms with Crippen LogP contribution in [0.1, 0.15) is 27.7 Å². The molecule has 0 fully saturated rings. The largest absolute Gasteiger partial charge is 0.295 e. The number of carbonyl (C=O) groups is 1. The Labute approximate surface area is 63.1 Å². The van der Waals surface area contributed by atoms with Crippen LogP contribution in [0.3, 0.4) is 0 Å². The predicted molar refractivity (Wildman–Crippen MR) is 43.8 cm³/mol. The Bertz CT molecular complexity index is 132. The van der Waals surface area contributed by atoms with Crippen LogP contribution in [0.4, 0.5) is 0 Å². The highest BCUT2D eigenvalue weighted by atomic mass is 16.1. The Kier molecular flexibility index (Phi) is 4.01. The summed E-state index contributed by atoms with van der Waals surface area (Å²) >= 11 is 0. The van der Waals surface area contributed by atoms with Crippen molar-refractivity contribution in [3.05, 3.63) is 12.2 Å². The fraction of sp³-hybridized carbons (Fsp3) is 0.667. The van der Waals surface area contributed by atoms with Crippen molar-refractivity contribution in [1.82, 2.24) is 0 Å². The van der Waals surface area contributed by atoms with Crippen LogP contribution in [0.5, 0.6) is 0 Å². The molecule has 0 amide bonds. The minimum atomic E-state index is 0.134. The maximum atomic E-state index is 11.0. The maximum Gasteiger partial charge on any atom is 0.157 e. The summed E-state index contributed by atoms with van der Waals surface area (Å²) < 4.78 is 0. The van der Waals surface area contributed by atoms with Gasteiger partial charge in [-0.3, -0.25) is 4.79 Å². The highest BCUT2D eigenvalue weighted by molar-refractivity contribution is 5.91. The van der Waals surface area contributed by atoms with E-state index in [9.17, 15) is 4.79 Å². The van der Waals surface area contributed by atoms with Gasteiger partial charge in [-0.15, -0.1) is 0 Å². The first-order valence-electron chi connectivity index (χ1n) is 3.76. The van der Waals surface area contributed by atoms with Crippen molar-refractivity contribution in [2.24, 2.45) is 11.8 Å². The molecule has 0 atom stereocenters. The summed E-state index contributed by atoms with van der Waals surface area (Å²) in [6.07, 6.45) is 3.61. The van der Waals surface area contributed by atoms with Crippen LogP contribution in [-0.2, 0) is 4.79 Å². The first-order valence-corrected chi connectivity index (χ1v) is 3.76. The lowest BCUT2D eigenvalue weighted by Crippen LogP contribution is -2.02. The number of hydrogen-bond donors (Lipinski definition) is 0. The third kappa shape index (κ3) is 4.30. The van der Waals surface area contributed by atoms with Gasteiger partial charge in [0.25, 0.3) is 0 Å². The third-order valence-corrected chi connectivity index (χ3v) is 1.21. The fourth-order valence-corrected chi connectivity index (χ4v) is 0.480.